The van der Waals surface area contributed by atoms with Crippen LogP contribution in [0.25, 0.3) is 0 Å². The van der Waals surface area contributed by atoms with E-state index < -0.39 is 0 Å². The number of halogens is 2. The molecule has 1 fully saturated rings. The molecule has 96 valence electrons. The van der Waals surface area contributed by atoms with Crippen molar-refractivity contribution in [3.05, 3.63) is 16.4 Å². The summed E-state index contributed by atoms with van der Waals surface area (Å²) in [7, 11) is 0. The van der Waals surface area contributed by atoms with Crippen LogP contribution < -0.4 is 0 Å². The van der Waals surface area contributed by atoms with Crippen molar-refractivity contribution in [2.45, 2.75) is 57.9 Å². The van der Waals surface area contributed by atoms with Crippen molar-refractivity contribution < 1.29 is 0 Å². The standard InChI is InChI=1S/C13H20Cl2N2/c1-3-17-12(13(15)9(2)16-17)6-4-5-11(14)10-7-8-10/h10-11H,3-8H2,1-2H3. The fourth-order valence-electron chi connectivity index (χ4n) is 2.27. The van der Waals surface area contributed by atoms with Crippen molar-refractivity contribution in [2.75, 3.05) is 0 Å². The van der Waals surface area contributed by atoms with Gasteiger partial charge < -0.3 is 0 Å². The molecule has 1 saturated carbocycles. The Kier molecular flexibility index (Phi) is 4.37. The average molecular weight is 275 g/mol. The Morgan fingerprint density at radius 2 is 2.18 bits per heavy atom. The number of rotatable bonds is 6. The maximum atomic E-state index is 6.31. The van der Waals surface area contributed by atoms with Gasteiger partial charge in [-0.3, -0.25) is 4.68 Å². The Morgan fingerprint density at radius 3 is 2.76 bits per heavy atom. The Labute approximate surface area is 113 Å². The van der Waals surface area contributed by atoms with Crippen LogP contribution >= 0.6 is 23.2 Å². The van der Waals surface area contributed by atoms with Crippen LogP contribution in [0.1, 0.15) is 44.0 Å². The summed E-state index contributed by atoms with van der Waals surface area (Å²) >= 11 is 12.6. The maximum Gasteiger partial charge on any atom is 0.0847 e. The van der Waals surface area contributed by atoms with Gasteiger partial charge in [0.2, 0.25) is 0 Å². The van der Waals surface area contributed by atoms with Gasteiger partial charge >= 0.3 is 0 Å². The highest BCUT2D eigenvalue weighted by molar-refractivity contribution is 6.31. The number of alkyl halides is 1. The minimum absolute atomic E-state index is 0.368. The van der Waals surface area contributed by atoms with Gasteiger partial charge in [-0.25, -0.2) is 0 Å². The van der Waals surface area contributed by atoms with Crippen molar-refractivity contribution in [2.24, 2.45) is 5.92 Å². The zero-order valence-electron chi connectivity index (χ0n) is 10.5. The molecule has 0 radical (unpaired) electrons. The molecule has 0 aliphatic heterocycles. The van der Waals surface area contributed by atoms with E-state index in [1.165, 1.54) is 18.5 Å². The molecule has 0 spiro atoms. The molecule has 0 aromatic carbocycles. The van der Waals surface area contributed by atoms with Crippen LogP contribution in [0.15, 0.2) is 0 Å². The van der Waals surface area contributed by atoms with Gasteiger partial charge in [0.25, 0.3) is 0 Å². The molecule has 1 unspecified atom stereocenters. The first-order valence-corrected chi connectivity index (χ1v) is 7.30. The molecule has 1 aromatic rings. The molecule has 1 heterocycles. The summed E-state index contributed by atoms with van der Waals surface area (Å²) in [5.41, 5.74) is 2.11. The van der Waals surface area contributed by atoms with Crippen molar-refractivity contribution >= 4 is 23.2 Å². The maximum absolute atomic E-state index is 6.31. The van der Waals surface area contributed by atoms with Gasteiger partial charge in [0.15, 0.2) is 0 Å². The van der Waals surface area contributed by atoms with Crippen molar-refractivity contribution in [3.8, 4) is 0 Å². The molecule has 1 aliphatic rings. The van der Waals surface area contributed by atoms with E-state index in [1.54, 1.807) is 0 Å². The number of aromatic nitrogens is 2. The zero-order valence-corrected chi connectivity index (χ0v) is 12.1. The summed E-state index contributed by atoms with van der Waals surface area (Å²) in [6, 6.07) is 0. The lowest BCUT2D eigenvalue weighted by molar-refractivity contribution is 0.582. The Bertz CT molecular complexity index is 383. The predicted octanol–water partition coefficient (Wildman–Crippen LogP) is 4.20. The summed E-state index contributed by atoms with van der Waals surface area (Å²) in [6.45, 7) is 4.95. The minimum atomic E-state index is 0.368. The van der Waals surface area contributed by atoms with Gasteiger partial charge in [-0.05, 0) is 51.9 Å². The van der Waals surface area contributed by atoms with E-state index in [9.17, 15) is 0 Å². The van der Waals surface area contributed by atoms with Gasteiger partial charge in [-0.1, -0.05) is 11.6 Å². The predicted molar refractivity (Wildman–Crippen MR) is 73.0 cm³/mol. The molecule has 17 heavy (non-hydrogen) atoms. The van der Waals surface area contributed by atoms with Gasteiger partial charge in [0, 0.05) is 11.9 Å². The highest BCUT2D eigenvalue weighted by atomic mass is 35.5. The van der Waals surface area contributed by atoms with E-state index in [0.717, 1.165) is 42.4 Å². The summed E-state index contributed by atoms with van der Waals surface area (Å²) in [5.74, 6) is 0.782. The van der Waals surface area contributed by atoms with Gasteiger partial charge in [0.1, 0.15) is 0 Å². The lowest BCUT2D eigenvalue weighted by atomic mass is 10.1. The second-order valence-electron chi connectivity index (χ2n) is 4.91. The minimum Gasteiger partial charge on any atom is -0.268 e. The van der Waals surface area contributed by atoms with Crippen LogP contribution in [-0.2, 0) is 13.0 Å². The van der Waals surface area contributed by atoms with Gasteiger partial charge in [0.05, 0.1) is 16.4 Å². The average Bonchev–Trinajstić information content (AvgIpc) is 3.11. The third kappa shape index (κ3) is 3.17. The Hall–Kier alpha value is -0.210. The summed E-state index contributed by atoms with van der Waals surface area (Å²) in [4.78, 5) is 0. The van der Waals surface area contributed by atoms with Gasteiger partial charge in [-0.2, -0.15) is 5.10 Å². The summed E-state index contributed by atoms with van der Waals surface area (Å²) in [5, 5.41) is 5.63. The van der Waals surface area contributed by atoms with Crippen LogP contribution in [0.3, 0.4) is 0 Å². The molecule has 0 saturated heterocycles. The monoisotopic (exact) mass is 274 g/mol. The van der Waals surface area contributed by atoms with Crippen molar-refractivity contribution in [1.82, 2.24) is 9.78 Å². The van der Waals surface area contributed by atoms with Crippen LogP contribution in [0.2, 0.25) is 5.02 Å². The third-order valence-corrected chi connectivity index (χ3v) is 4.55. The van der Waals surface area contributed by atoms with E-state index in [-0.39, 0.29) is 0 Å². The van der Waals surface area contributed by atoms with E-state index in [0.29, 0.717) is 5.38 Å². The normalized spacial score (nSPS) is 17.4. The highest BCUT2D eigenvalue weighted by Crippen LogP contribution is 2.38. The molecular formula is C13H20Cl2N2. The SMILES string of the molecule is CCn1nc(C)c(Cl)c1CCCC(Cl)C1CC1. The second kappa shape index (κ2) is 5.62. The molecular weight excluding hydrogens is 255 g/mol. The first-order valence-electron chi connectivity index (χ1n) is 6.49. The Balaban J connectivity index is 1.88. The molecule has 2 nitrogen and oxygen atoms in total. The number of nitrogens with zero attached hydrogens (tertiary/aromatic N) is 2. The smallest absolute Gasteiger partial charge is 0.0847 e. The number of hydrogen-bond donors (Lipinski definition) is 0. The van der Waals surface area contributed by atoms with Crippen LogP contribution in [0, 0.1) is 12.8 Å². The van der Waals surface area contributed by atoms with E-state index in [2.05, 4.69) is 12.0 Å². The van der Waals surface area contributed by atoms with Crippen molar-refractivity contribution in [1.29, 1.82) is 0 Å². The van der Waals surface area contributed by atoms with Gasteiger partial charge in [-0.15, -0.1) is 11.6 Å². The highest BCUT2D eigenvalue weighted by Gasteiger charge is 2.29. The first-order chi connectivity index (χ1) is 8.13. The fourth-order valence-corrected chi connectivity index (χ4v) is 2.90. The first kappa shape index (κ1) is 13.2. The van der Waals surface area contributed by atoms with Crippen LogP contribution in [0.4, 0.5) is 0 Å². The molecule has 1 aromatic heterocycles. The molecule has 0 bridgehead atoms. The topological polar surface area (TPSA) is 17.8 Å². The third-order valence-electron chi connectivity index (χ3n) is 3.48. The molecule has 0 amide bonds. The fraction of sp³-hybridized carbons (Fsp3) is 0.769. The van der Waals surface area contributed by atoms with Crippen molar-refractivity contribution in [3.63, 3.8) is 0 Å². The zero-order chi connectivity index (χ0) is 12.4. The van der Waals surface area contributed by atoms with E-state index in [4.69, 9.17) is 23.2 Å². The second-order valence-corrected chi connectivity index (χ2v) is 5.85. The summed E-state index contributed by atoms with van der Waals surface area (Å²) < 4.78 is 2.01. The lowest BCUT2D eigenvalue weighted by Gasteiger charge is -2.08. The van der Waals surface area contributed by atoms with E-state index in [1.807, 2.05) is 11.6 Å². The number of hydrogen-bond acceptors (Lipinski definition) is 1. The molecule has 2 rings (SSSR count). The molecule has 1 aliphatic carbocycles. The van der Waals surface area contributed by atoms with Crippen LogP contribution in [0.5, 0.6) is 0 Å². The quantitative estimate of drug-likeness (QED) is 0.711. The number of aryl methyl sites for hydroxylation is 2. The largest absolute Gasteiger partial charge is 0.268 e. The molecule has 1 atom stereocenters. The summed E-state index contributed by atoms with van der Waals surface area (Å²) in [6.07, 6.45) is 5.83. The Morgan fingerprint density at radius 1 is 1.47 bits per heavy atom. The molecule has 4 heteroatoms. The van der Waals surface area contributed by atoms with Crippen LogP contribution in [-0.4, -0.2) is 15.2 Å². The van der Waals surface area contributed by atoms with E-state index >= 15 is 0 Å². The molecule has 0 N–H and O–H groups in total. The lowest BCUT2D eigenvalue weighted by Crippen LogP contribution is -2.06.